The van der Waals surface area contributed by atoms with Gasteiger partial charge in [-0.15, -0.1) is 0 Å². The van der Waals surface area contributed by atoms with Gasteiger partial charge in [-0.25, -0.2) is 0 Å². The third kappa shape index (κ3) is 16.6. The van der Waals surface area contributed by atoms with E-state index in [0.29, 0.717) is 19.6 Å². The number of rotatable bonds is 24. The molecule has 0 fully saturated rings. The third-order valence-corrected chi connectivity index (χ3v) is 11.3. The zero-order chi connectivity index (χ0) is 42.0. The normalized spacial score (nSPS) is 11.4. The lowest BCUT2D eigenvalue weighted by Crippen LogP contribution is -2.11. The first-order valence-corrected chi connectivity index (χ1v) is 23.0. The molecule has 1 atom stereocenters. The molecule has 3 nitrogen and oxygen atoms in total. The average molecular weight is 801 g/mol. The van der Waals surface area contributed by atoms with Crippen LogP contribution in [0.5, 0.6) is 0 Å². The Kier molecular flexibility index (Phi) is 20.8. The van der Waals surface area contributed by atoms with Crippen molar-refractivity contribution in [2.75, 3.05) is 13.2 Å². The molecule has 0 aromatic heterocycles. The van der Waals surface area contributed by atoms with E-state index >= 15 is 0 Å². The summed E-state index contributed by atoms with van der Waals surface area (Å²) in [7, 11) is 0. The number of aryl methyl sites for hydroxylation is 2. The van der Waals surface area contributed by atoms with Gasteiger partial charge in [0.1, 0.15) is 0 Å². The highest BCUT2D eigenvalue weighted by molar-refractivity contribution is 5.66. The zero-order valence-electron chi connectivity index (χ0n) is 36.5. The second-order valence-electron chi connectivity index (χ2n) is 16.3. The molecule has 0 heterocycles. The number of ether oxygens (including phenoxy) is 1. The number of hydrogen-bond acceptors (Lipinski definition) is 3. The lowest BCUT2D eigenvalue weighted by atomic mass is 9.99. The summed E-state index contributed by atoms with van der Waals surface area (Å²) in [6, 6.07) is 41.3. The smallest absolute Gasteiger partial charge is 0.0771 e. The van der Waals surface area contributed by atoms with Crippen LogP contribution in [0, 0.1) is 23.7 Å². The van der Waals surface area contributed by atoms with Crippen molar-refractivity contribution >= 4 is 0 Å². The lowest BCUT2D eigenvalue weighted by molar-refractivity contribution is 0.0785. The van der Waals surface area contributed by atoms with Crippen LogP contribution in [0.1, 0.15) is 149 Å². The molecule has 0 amide bonds. The van der Waals surface area contributed by atoms with E-state index in [0.717, 1.165) is 53.5 Å². The minimum absolute atomic E-state index is 0.205. The van der Waals surface area contributed by atoms with Gasteiger partial charge in [-0.1, -0.05) is 175 Å². The number of hydrogen-bond donors (Lipinski definition) is 2. The van der Waals surface area contributed by atoms with Gasteiger partial charge in [-0.05, 0) is 126 Å². The second-order valence-corrected chi connectivity index (χ2v) is 16.3. The Morgan fingerprint density at radius 1 is 0.467 bits per heavy atom. The molecule has 60 heavy (non-hydrogen) atoms. The molecule has 1 unspecified atom stereocenters. The van der Waals surface area contributed by atoms with Crippen LogP contribution in [0.3, 0.4) is 0 Å². The van der Waals surface area contributed by atoms with Crippen molar-refractivity contribution < 1.29 is 14.9 Å². The van der Waals surface area contributed by atoms with E-state index in [2.05, 4.69) is 141 Å². The summed E-state index contributed by atoms with van der Waals surface area (Å²) in [4.78, 5) is 0. The maximum absolute atomic E-state index is 9.68. The van der Waals surface area contributed by atoms with E-state index in [9.17, 15) is 5.11 Å². The highest BCUT2D eigenvalue weighted by Crippen LogP contribution is 2.23. The number of aliphatic hydroxyl groups is 2. The van der Waals surface area contributed by atoms with Crippen molar-refractivity contribution in [1.82, 2.24) is 0 Å². The first-order valence-electron chi connectivity index (χ1n) is 23.0. The molecule has 3 heteroatoms. The van der Waals surface area contributed by atoms with E-state index in [-0.39, 0.29) is 6.61 Å². The standard InChI is InChI=1S/C57H68O3/c1-3-5-7-9-11-13-17-46-22-32-51(33-23-46)53-36-26-48(27-37-53)20-21-50-31-41-55(56(43-50)45-60-42-16-15-19-57(59)44-58)40-30-49-28-38-54(39-29-49)52-34-24-47(25-35-52)18-14-12-10-8-6-4-2/h22-29,31-39,41,43,57-59H,3-19,42,44-45H2,1-2H3. The highest BCUT2D eigenvalue weighted by Gasteiger charge is 2.06. The van der Waals surface area contributed by atoms with Crippen molar-refractivity contribution in [2.24, 2.45) is 0 Å². The quantitative estimate of drug-likeness (QED) is 0.0483. The van der Waals surface area contributed by atoms with Crippen molar-refractivity contribution in [3.05, 3.63) is 154 Å². The molecule has 0 saturated heterocycles. The Labute approximate surface area is 362 Å². The van der Waals surface area contributed by atoms with Gasteiger partial charge in [0.05, 0.1) is 19.3 Å². The first kappa shape index (κ1) is 46.2. The Hall–Kier alpha value is -4.90. The fraction of sp³-hybridized carbons (Fsp3) is 0.404. The number of benzene rings is 5. The van der Waals surface area contributed by atoms with Crippen molar-refractivity contribution in [3.63, 3.8) is 0 Å². The van der Waals surface area contributed by atoms with Crippen LogP contribution < -0.4 is 0 Å². The Balaban J connectivity index is 1.20. The predicted molar refractivity (Wildman–Crippen MR) is 253 cm³/mol. The van der Waals surface area contributed by atoms with Gasteiger partial charge in [0.2, 0.25) is 0 Å². The van der Waals surface area contributed by atoms with Gasteiger partial charge in [-0.3, -0.25) is 0 Å². The monoisotopic (exact) mass is 801 g/mol. The summed E-state index contributed by atoms with van der Waals surface area (Å²) < 4.78 is 6.10. The minimum Gasteiger partial charge on any atom is -0.394 e. The topological polar surface area (TPSA) is 49.7 Å². The lowest BCUT2D eigenvalue weighted by Gasteiger charge is -2.09. The Morgan fingerprint density at radius 3 is 1.40 bits per heavy atom. The van der Waals surface area contributed by atoms with E-state index in [4.69, 9.17) is 9.84 Å². The molecule has 0 saturated carbocycles. The van der Waals surface area contributed by atoms with Crippen LogP contribution in [0.2, 0.25) is 0 Å². The molecule has 314 valence electrons. The van der Waals surface area contributed by atoms with Gasteiger partial charge in [-0.2, -0.15) is 0 Å². The van der Waals surface area contributed by atoms with Gasteiger partial charge < -0.3 is 14.9 Å². The second kappa shape index (κ2) is 27.0. The van der Waals surface area contributed by atoms with Crippen molar-refractivity contribution in [1.29, 1.82) is 0 Å². The molecule has 0 bridgehead atoms. The molecule has 0 radical (unpaired) electrons. The fourth-order valence-corrected chi connectivity index (χ4v) is 7.49. The van der Waals surface area contributed by atoms with Crippen molar-refractivity contribution in [2.45, 2.75) is 136 Å². The average Bonchev–Trinajstić information content (AvgIpc) is 3.29. The predicted octanol–water partition coefficient (Wildman–Crippen LogP) is 13.7. The highest BCUT2D eigenvalue weighted by atomic mass is 16.5. The minimum atomic E-state index is -0.668. The molecule has 5 aromatic carbocycles. The molecule has 0 aliphatic carbocycles. The molecule has 0 aliphatic rings. The fourth-order valence-electron chi connectivity index (χ4n) is 7.49. The molecule has 0 spiro atoms. The molecule has 5 rings (SSSR count). The largest absolute Gasteiger partial charge is 0.394 e. The van der Waals surface area contributed by atoms with Gasteiger partial charge >= 0.3 is 0 Å². The number of unbranched alkanes of at least 4 members (excludes halogenated alkanes) is 11. The maximum atomic E-state index is 9.68. The number of aliphatic hydroxyl groups excluding tert-OH is 2. The van der Waals surface area contributed by atoms with Crippen LogP contribution in [0.25, 0.3) is 22.3 Å². The third-order valence-electron chi connectivity index (χ3n) is 11.3. The van der Waals surface area contributed by atoms with E-state index in [1.165, 1.54) is 110 Å². The SMILES string of the molecule is CCCCCCCCc1ccc(-c2ccc(C#Cc3ccc(C#Cc4ccc(-c5ccc(CCCCCCCC)cc5)cc4)c(COCCCCC(O)CO)c3)cc2)cc1. The molecule has 2 N–H and O–H groups in total. The first-order chi connectivity index (χ1) is 29.5. The molecular formula is C57H68O3. The van der Waals surface area contributed by atoms with E-state index < -0.39 is 6.10 Å². The van der Waals surface area contributed by atoms with Crippen LogP contribution >= 0.6 is 0 Å². The summed E-state index contributed by atoms with van der Waals surface area (Å²) in [6.45, 7) is 5.32. The van der Waals surface area contributed by atoms with E-state index in [1.54, 1.807) is 0 Å². The van der Waals surface area contributed by atoms with Crippen LogP contribution in [-0.2, 0) is 24.2 Å². The zero-order valence-corrected chi connectivity index (χ0v) is 36.5. The summed E-state index contributed by atoms with van der Waals surface area (Å²) >= 11 is 0. The van der Waals surface area contributed by atoms with Crippen LogP contribution in [-0.4, -0.2) is 29.5 Å². The Morgan fingerprint density at radius 2 is 0.900 bits per heavy atom. The summed E-state index contributed by atoms with van der Waals surface area (Å²) in [5.41, 5.74) is 12.4. The van der Waals surface area contributed by atoms with Gasteiger partial charge in [0, 0.05) is 28.9 Å². The summed E-state index contributed by atoms with van der Waals surface area (Å²) in [5, 5.41) is 18.8. The molecular weight excluding hydrogens is 733 g/mol. The van der Waals surface area contributed by atoms with Crippen molar-refractivity contribution in [3.8, 4) is 45.9 Å². The molecule has 0 aliphatic heterocycles. The van der Waals surface area contributed by atoms with E-state index in [1.807, 2.05) is 12.1 Å². The summed E-state index contributed by atoms with van der Waals surface area (Å²) in [5.74, 6) is 13.5. The van der Waals surface area contributed by atoms with Gasteiger partial charge in [0.15, 0.2) is 0 Å². The van der Waals surface area contributed by atoms with Crippen LogP contribution in [0.15, 0.2) is 115 Å². The van der Waals surface area contributed by atoms with Gasteiger partial charge in [0.25, 0.3) is 0 Å². The molecule has 5 aromatic rings. The van der Waals surface area contributed by atoms with Crippen LogP contribution in [0.4, 0.5) is 0 Å². The summed E-state index contributed by atoms with van der Waals surface area (Å²) in [6.07, 6.45) is 19.7. The Bertz CT molecular complexity index is 2070. The maximum Gasteiger partial charge on any atom is 0.0771 e.